The molecule has 1 fully saturated rings. The van der Waals surface area contributed by atoms with Crippen LogP contribution in [0.5, 0.6) is 0 Å². The number of nitrogens with zero attached hydrogens (tertiary/aromatic N) is 1. The first kappa shape index (κ1) is 13.9. The van der Waals surface area contributed by atoms with E-state index >= 15 is 0 Å². The van der Waals surface area contributed by atoms with E-state index in [1.807, 2.05) is 0 Å². The minimum Gasteiger partial charge on any atom is -0.396 e. The Morgan fingerprint density at radius 2 is 2.12 bits per heavy atom. The van der Waals surface area contributed by atoms with E-state index in [0.29, 0.717) is 6.04 Å². The molecule has 0 saturated carbocycles. The van der Waals surface area contributed by atoms with E-state index in [0.717, 1.165) is 32.4 Å². The molecule has 1 aliphatic heterocycles. The van der Waals surface area contributed by atoms with Crippen molar-refractivity contribution in [1.29, 1.82) is 0 Å². The zero-order valence-electron chi connectivity index (χ0n) is 10.1. The van der Waals surface area contributed by atoms with Crippen molar-refractivity contribution in [3.63, 3.8) is 0 Å². The fraction of sp³-hybridized carbons (Fsp3) is 1.00. The standard InChI is InChI=1S/C11H23NO3S/c1-16(14,15)10-4-8-12-7-2-5-11(12)6-3-9-13/h11,13H,2-10H2,1H3. The molecule has 1 rings (SSSR count). The molecule has 1 N–H and O–H groups in total. The largest absolute Gasteiger partial charge is 0.396 e. The molecule has 0 aromatic heterocycles. The van der Waals surface area contributed by atoms with Gasteiger partial charge in [-0.2, -0.15) is 0 Å². The maximum Gasteiger partial charge on any atom is 0.147 e. The summed E-state index contributed by atoms with van der Waals surface area (Å²) in [4.78, 5) is 2.38. The summed E-state index contributed by atoms with van der Waals surface area (Å²) < 4.78 is 22.0. The van der Waals surface area contributed by atoms with E-state index in [2.05, 4.69) is 4.90 Å². The molecule has 0 aromatic rings. The van der Waals surface area contributed by atoms with Crippen molar-refractivity contribution >= 4 is 9.84 Å². The van der Waals surface area contributed by atoms with Crippen molar-refractivity contribution in [3.05, 3.63) is 0 Å². The van der Waals surface area contributed by atoms with Crippen molar-refractivity contribution < 1.29 is 13.5 Å². The van der Waals surface area contributed by atoms with Crippen LogP contribution in [0.15, 0.2) is 0 Å². The highest BCUT2D eigenvalue weighted by molar-refractivity contribution is 7.90. The number of hydrogen-bond acceptors (Lipinski definition) is 4. The van der Waals surface area contributed by atoms with Gasteiger partial charge in [-0.1, -0.05) is 0 Å². The van der Waals surface area contributed by atoms with E-state index < -0.39 is 9.84 Å². The minimum absolute atomic E-state index is 0.258. The fourth-order valence-corrected chi connectivity index (χ4v) is 3.03. The van der Waals surface area contributed by atoms with Gasteiger partial charge in [0.15, 0.2) is 0 Å². The lowest BCUT2D eigenvalue weighted by Gasteiger charge is -2.23. The average Bonchev–Trinajstić information content (AvgIpc) is 2.60. The summed E-state index contributed by atoms with van der Waals surface area (Å²) in [5.41, 5.74) is 0. The lowest BCUT2D eigenvalue weighted by molar-refractivity contribution is 0.216. The van der Waals surface area contributed by atoms with Gasteiger partial charge in [0.05, 0.1) is 5.75 Å². The Labute approximate surface area is 98.6 Å². The van der Waals surface area contributed by atoms with Gasteiger partial charge < -0.3 is 10.0 Å². The van der Waals surface area contributed by atoms with Gasteiger partial charge in [-0.05, 0) is 45.2 Å². The van der Waals surface area contributed by atoms with Crippen LogP contribution in [0.1, 0.15) is 32.1 Å². The van der Waals surface area contributed by atoms with Crippen molar-refractivity contribution in [2.24, 2.45) is 0 Å². The normalized spacial score (nSPS) is 22.8. The summed E-state index contributed by atoms with van der Waals surface area (Å²) in [6.07, 6.45) is 6.31. The third kappa shape index (κ3) is 5.27. The van der Waals surface area contributed by atoms with E-state index in [9.17, 15) is 8.42 Å². The van der Waals surface area contributed by atoms with E-state index in [1.54, 1.807) is 0 Å². The lowest BCUT2D eigenvalue weighted by Crippen LogP contribution is -2.31. The highest BCUT2D eigenvalue weighted by Gasteiger charge is 2.23. The molecule has 16 heavy (non-hydrogen) atoms. The molecule has 0 aliphatic carbocycles. The number of aliphatic hydroxyl groups is 1. The first-order valence-electron chi connectivity index (χ1n) is 6.05. The van der Waals surface area contributed by atoms with Crippen LogP contribution in [-0.4, -0.2) is 56.2 Å². The Kier molecular flexibility index (Phi) is 5.72. The molecular weight excluding hydrogens is 226 g/mol. The summed E-state index contributed by atoms with van der Waals surface area (Å²) in [7, 11) is -2.82. The summed E-state index contributed by atoms with van der Waals surface area (Å²) in [5, 5.41) is 8.80. The van der Waals surface area contributed by atoms with E-state index in [1.165, 1.54) is 19.1 Å². The van der Waals surface area contributed by atoms with Crippen LogP contribution in [0.2, 0.25) is 0 Å². The number of hydrogen-bond donors (Lipinski definition) is 1. The van der Waals surface area contributed by atoms with Crippen LogP contribution in [-0.2, 0) is 9.84 Å². The fourth-order valence-electron chi connectivity index (χ4n) is 2.37. The first-order chi connectivity index (χ1) is 7.53. The lowest BCUT2D eigenvalue weighted by atomic mass is 10.1. The quantitative estimate of drug-likeness (QED) is 0.720. The van der Waals surface area contributed by atoms with Gasteiger partial charge in [0.2, 0.25) is 0 Å². The van der Waals surface area contributed by atoms with Gasteiger partial charge in [-0.25, -0.2) is 8.42 Å². The molecule has 1 unspecified atom stereocenters. The number of sulfone groups is 1. The Morgan fingerprint density at radius 1 is 1.38 bits per heavy atom. The van der Waals surface area contributed by atoms with Gasteiger partial charge in [0.25, 0.3) is 0 Å². The summed E-state index contributed by atoms with van der Waals surface area (Å²) in [6, 6.07) is 0.562. The van der Waals surface area contributed by atoms with Gasteiger partial charge in [-0.3, -0.25) is 0 Å². The molecule has 1 aliphatic rings. The monoisotopic (exact) mass is 249 g/mol. The van der Waals surface area contributed by atoms with Gasteiger partial charge in [-0.15, -0.1) is 0 Å². The van der Waals surface area contributed by atoms with E-state index in [4.69, 9.17) is 5.11 Å². The second-order valence-corrected chi connectivity index (χ2v) is 6.94. The molecule has 0 bridgehead atoms. The SMILES string of the molecule is CS(=O)(=O)CCCN1CCCC1CCCO. The maximum atomic E-state index is 11.0. The Hall–Kier alpha value is -0.130. The predicted molar refractivity (Wildman–Crippen MR) is 65.2 cm³/mol. The molecule has 0 spiro atoms. The summed E-state index contributed by atoms with van der Waals surface area (Å²) in [5.74, 6) is 0.288. The van der Waals surface area contributed by atoms with Crippen LogP contribution < -0.4 is 0 Å². The van der Waals surface area contributed by atoms with Crippen LogP contribution in [0.25, 0.3) is 0 Å². The molecule has 1 atom stereocenters. The second kappa shape index (κ2) is 6.57. The topological polar surface area (TPSA) is 57.6 Å². The number of likely N-dealkylation sites (tertiary alicyclic amines) is 1. The predicted octanol–water partition coefficient (Wildman–Crippen LogP) is 0.658. The average molecular weight is 249 g/mol. The zero-order valence-corrected chi connectivity index (χ0v) is 10.9. The summed E-state index contributed by atoms with van der Waals surface area (Å²) in [6.45, 7) is 2.22. The van der Waals surface area contributed by atoms with Gasteiger partial charge in [0, 0.05) is 18.9 Å². The first-order valence-corrected chi connectivity index (χ1v) is 8.11. The molecular formula is C11H23NO3S. The molecule has 5 heteroatoms. The van der Waals surface area contributed by atoms with Crippen molar-refractivity contribution in [2.75, 3.05) is 31.7 Å². The third-order valence-electron chi connectivity index (χ3n) is 3.15. The third-order valence-corrected chi connectivity index (χ3v) is 4.19. The molecule has 0 radical (unpaired) electrons. The van der Waals surface area contributed by atoms with Crippen molar-refractivity contribution in [1.82, 2.24) is 4.90 Å². The Bertz CT molecular complexity index is 290. The van der Waals surface area contributed by atoms with Crippen molar-refractivity contribution in [2.45, 2.75) is 38.1 Å². The molecule has 1 heterocycles. The smallest absolute Gasteiger partial charge is 0.147 e. The van der Waals surface area contributed by atoms with Crippen molar-refractivity contribution in [3.8, 4) is 0 Å². The van der Waals surface area contributed by atoms with Crippen LogP contribution >= 0.6 is 0 Å². The molecule has 1 saturated heterocycles. The zero-order chi connectivity index (χ0) is 12.0. The Balaban J connectivity index is 2.24. The molecule has 0 aromatic carbocycles. The second-order valence-electron chi connectivity index (χ2n) is 4.68. The molecule has 4 nitrogen and oxygen atoms in total. The minimum atomic E-state index is -2.82. The number of rotatable bonds is 7. The number of aliphatic hydroxyl groups excluding tert-OH is 1. The maximum absolute atomic E-state index is 11.0. The highest BCUT2D eigenvalue weighted by atomic mass is 32.2. The van der Waals surface area contributed by atoms with Crippen LogP contribution in [0, 0.1) is 0 Å². The molecule has 0 amide bonds. The van der Waals surface area contributed by atoms with Crippen LogP contribution in [0.4, 0.5) is 0 Å². The van der Waals surface area contributed by atoms with Crippen LogP contribution in [0.3, 0.4) is 0 Å². The highest BCUT2D eigenvalue weighted by Crippen LogP contribution is 2.21. The molecule has 96 valence electrons. The van der Waals surface area contributed by atoms with E-state index in [-0.39, 0.29) is 12.4 Å². The van der Waals surface area contributed by atoms with Gasteiger partial charge >= 0.3 is 0 Å². The van der Waals surface area contributed by atoms with Gasteiger partial charge in [0.1, 0.15) is 9.84 Å². The Morgan fingerprint density at radius 3 is 2.75 bits per heavy atom. The summed E-state index contributed by atoms with van der Waals surface area (Å²) >= 11 is 0.